The summed E-state index contributed by atoms with van der Waals surface area (Å²) in [6.45, 7) is 6.70. The van der Waals surface area contributed by atoms with E-state index in [2.05, 4.69) is 11.5 Å². The molecule has 1 heterocycles. The monoisotopic (exact) mass is 381 g/mol. The Bertz CT molecular complexity index is 1290. The van der Waals surface area contributed by atoms with Crippen molar-refractivity contribution < 1.29 is 9.59 Å². The molecule has 4 aromatic rings. The van der Waals surface area contributed by atoms with Gasteiger partial charge in [0.15, 0.2) is 11.6 Å². The van der Waals surface area contributed by atoms with Crippen LogP contribution in [0.1, 0.15) is 45.7 Å². The molecule has 3 nitrogen and oxygen atoms in total. The highest BCUT2D eigenvalue weighted by Gasteiger charge is 2.16. The lowest BCUT2D eigenvalue weighted by molar-refractivity contribution is 0.103. The van der Waals surface area contributed by atoms with Crippen molar-refractivity contribution in [3.05, 3.63) is 95.1 Å². The molecule has 144 valence electrons. The number of aryl methyl sites for hydroxylation is 2. The Morgan fingerprint density at radius 1 is 0.897 bits per heavy atom. The van der Waals surface area contributed by atoms with Crippen molar-refractivity contribution in [3.63, 3.8) is 0 Å². The molecule has 3 aromatic carbocycles. The van der Waals surface area contributed by atoms with E-state index in [0.29, 0.717) is 11.1 Å². The van der Waals surface area contributed by atoms with Crippen LogP contribution in [0.2, 0.25) is 0 Å². The van der Waals surface area contributed by atoms with Gasteiger partial charge in [-0.1, -0.05) is 30.3 Å². The van der Waals surface area contributed by atoms with Gasteiger partial charge in [-0.2, -0.15) is 0 Å². The largest absolute Gasteiger partial charge is 0.341 e. The zero-order valence-electron chi connectivity index (χ0n) is 16.9. The summed E-state index contributed by atoms with van der Waals surface area (Å²) in [6.07, 6.45) is 3.33. The third-order valence-corrected chi connectivity index (χ3v) is 5.44. The molecule has 0 unspecified atom stereocenters. The van der Waals surface area contributed by atoms with Crippen molar-refractivity contribution in [2.45, 2.75) is 27.3 Å². The van der Waals surface area contributed by atoms with Crippen LogP contribution in [-0.4, -0.2) is 16.1 Å². The molecule has 0 spiro atoms. The second-order valence-electron chi connectivity index (χ2n) is 7.22. The van der Waals surface area contributed by atoms with E-state index in [1.165, 1.54) is 0 Å². The third-order valence-electron chi connectivity index (χ3n) is 5.44. The summed E-state index contributed by atoms with van der Waals surface area (Å²) in [5, 5.41) is 1.99. The quantitative estimate of drug-likeness (QED) is 0.309. The lowest BCUT2D eigenvalue weighted by Crippen LogP contribution is -2.03. The maximum Gasteiger partial charge on any atom is 0.193 e. The zero-order chi connectivity index (χ0) is 20.5. The number of allylic oxidation sites excluding steroid dienone is 2. The first-order valence-corrected chi connectivity index (χ1v) is 9.88. The van der Waals surface area contributed by atoms with Crippen molar-refractivity contribution in [1.82, 2.24) is 4.57 Å². The molecule has 0 fully saturated rings. The number of carbonyl (C=O) groups excluding carboxylic acids is 2. The number of fused-ring (bicyclic) bond motifs is 3. The van der Waals surface area contributed by atoms with Gasteiger partial charge < -0.3 is 4.57 Å². The molecular formula is C26H23NO2. The molecule has 0 atom stereocenters. The molecule has 29 heavy (non-hydrogen) atoms. The number of benzene rings is 3. The van der Waals surface area contributed by atoms with Gasteiger partial charge in [0.2, 0.25) is 0 Å². The number of hydrogen-bond acceptors (Lipinski definition) is 2. The molecule has 0 N–H and O–H groups in total. The summed E-state index contributed by atoms with van der Waals surface area (Å²) >= 11 is 0. The normalized spacial score (nSPS) is 11.6. The smallest absolute Gasteiger partial charge is 0.193 e. The number of hydrogen-bond donors (Lipinski definition) is 0. The number of aromatic nitrogens is 1. The topological polar surface area (TPSA) is 39.1 Å². The first-order valence-electron chi connectivity index (χ1n) is 9.88. The van der Waals surface area contributed by atoms with E-state index in [0.717, 1.165) is 39.5 Å². The Hall–Kier alpha value is -3.46. The van der Waals surface area contributed by atoms with Gasteiger partial charge in [0.05, 0.1) is 0 Å². The second-order valence-corrected chi connectivity index (χ2v) is 7.22. The van der Waals surface area contributed by atoms with Gasteiger partial charge in [0.1, 0.15) is 0 Å². The highest BCUT2D eigenvalue weighted by atomic mass is 16.1. The molecule has 0 amide bonds. The SMILES string of the molecule is C/C=C/C(=O)c1ccc2c(c1)c1cc(C(=O)c3ccccc3C)ccc1n2CC. The summed E-state index contributed by atoms with van der Waals surface area (Å²) in [5.41, 5.74) is 5.14. The first kappa shape index (κ1) is 18.9. The van der Waals surface area contributed by atoms with Crippen LogP contribution >= 0.6 is 0 Å². The summed E-state index contributed by atoms with van der Waals surface area (Å²) in [5.74, 6) is 0.00230. The molecule has 4 rings (SSSR count). The molecule has 0 saturated heterocycles. The maximum atomic E-state index is 13.1. The predicted octanol–water partition coefficient (Wildman–Crippen LogP) is 6.11. The number of carbonyl (C=O) groups is 2. The van der Waals surface area contributed by atoms with Crippen molar-refractivity contribution in [3.8, 4) is 0 Å². The fourth-order valence-corrected chi connectivity index (χ4v) is 3.97. The van der Waals surface area contributed by atoms with E-state index in [-0.39, 0.29) is 11.6 Å². The standard InChI is InChI=1S/C26H23NO2/c1-4-8-25(28)18-11-13-23-21(15-18)22-16-19(12-14-24(22)27(23)5-2)26(29)20-10-7-6-9-17(20)3/h4,6-16H,5H2,1-3H3/b8-4+. The van der Waals surface area contributed by atoms with Gasteiger partial charge >= 0.3 is 0 Å². The molecular weight excluding hydrogens is 358 g/mol. The maximum absolute atomic E-state index is 13.1. The molecule has 0 radical (unpaired) electrons. The molecule has 0 saturated carbocycles. The lowest BCUT2D eigenvalue weighted by atomic mass is 9.97. The van der Waals surface area contributed by atoms with Crippen LogP contribution in [0.25, 0.3) is 21.8 Å². The highest BCUT2D eigenvalue weighted by Crippen LogP contribution is 2.31. The van der Waals surface area contributed by atoms with Gasteiger partial charge in [0.25, 0.3) is 0 Å². The second kappa shape index (κ2) is 7.51. The number of ketones is 2. The van der Waals surface area contributed by atoms with Crippen LogP contribution in [0.4, 0.5) is 0 Å². The average molecular weight is 381 g/mol. The summed E-state index contributed by atoms with van der Waals surface area (Å²) in [7, 11) is 0. The Morgan fingerprint density at radius 2 is 1.52 bits per heavy atom. The van der Waals surface area contributed by atoms with Crippen molar-refractivity contribution >= 4 is 33.4 Å². The summed E-state index contributed by atoms with van der Waals surface area (Å²) in [4.78, 5) is 25.5. The minimum absolute atomic E-state index is 0.0149. The highest BCUT2D eigenvalue weighted by molar-refractivity contribution is 6.16. The summed E-state index contributed by atoms with van der Waals surface area (Å²) < 4.78 is 2.22. The molecule has 3 heteroatoms. The van der Waals surface area contributed by atoms with Crippen molar-refractivity contribution in [1.29, 1.82) is 0 Å². The van der Waals surface area contributed by atoms with Crippen molar-refractivity contribution in [2.75, 3.05) is 0 Å². The zero-order valence-corrected chi connectivity index (χ0v) is 16.9. The minimum Gasteiger partial charge on any atom is -0.341 e. The Balaban J connectivity index is 1.94. The summed E-state index contributed by atoms with van der Waals surface area (Å²) in [6, 6.07) is 19.3. The molecule has 0 aliphatic heterocycles. The van der Waals surface area contributed by atoms with Crippen LogP contribution in [0.3, 0.4) is 0 Å². The van der Waals surface area contributed by atoms with Gasteiger partial charge in [-0.15, -0.1) is 0 Å². The van der Waals surface area contributed by atoms with Crippen molar-refractivity contribution in [2.24, 2.45) is 0 Å². The fourth-order valence-electron chi connectivity index (χ4n) is 3.97. The minimum atomic E-state index is -0.0149. The Morgan fingerprint density at radius 3 is 2.14 bits per heavy atom. The van der Waals surface area contributed by atoms with E-state index in [1.807, 2.05) is 74.5 Å². The van der Waals surface area contributed by atoms with E-state index in [4.69, 9.17) is 0 Å². The van der Waals surface area contributed by atoms with E-state index in [9.17, 15) is 9.59 Å². The fraction of sp³-hybridized carbons (Fsp3) is 0.154. The van der Waals surface area contributed by atoms with Gasteiger partial charge in [0, 0.05) is 45.0 Å². The Labute approximate surface area is 170 Å². The lowest BCUT2D eigenvalue weighted by Gasteiger charge is -2.06. The van der Waals surface area contributed by atoms with Crippen LogP contribution in [0, 0.1) is 6.92 Å². The molecule has 0 aliphatic rings. The van der Waals surface area contributed by atoms with Crippen LogP contribution in [0.5, 0.6) is 0 Å². The van der Waals surface area contributed by atoms with E-state index >= 15 is 0 Å². The van der Waals surface area contributed by atoms with E-state index in [1.54, 1.807) is 12.2 Å². The number of rotatable bonds is 5. The Kier molecular flexibility index (Phi) is 4.89. The van der Waals surface area contributed by atoms with E-state index < -0.39 is 0 Å². The van der Waals surface area contributed by atoms with Crippen LogP contribution in [0.15, 0.2) is 72.8 Å². The first-order chi connectivity index (χ1) is 14.0. The third kappa shape index (κ3) is 3.19. The average Bonchev–Trinajstić information content (AvgIpc) is 3.06. The molecule has 0 aliphatic carbocycles. The number of nitrogens with zero attached hydrogens (tertiary/aromatic N) is 1. The van der Waals surface area contributed by atoms with Gasteiger partial charge in [-0.3, -0.25) is 9.59 Å². The molecule has 0 bridgehead atoms. The predicted molar refractivity (Wildman–Crippen MR) is 119 cm³/mol. The van der Waals surface area contributed by atoms with Gasteiger partial charge in [-0.05, 0) is 68.8 Å². The van der Waals surface area contributed by atoms with Crippen LogP contribution in [-0.2, 0) is 6.54 Å². The molecule has 1 aromatic heterocycles. The van der Waals surface area contributed by atoms with Crippen LogP contribution < -0.4 is 0 Å². The van der Waals surface area contributed by atoms with Gasteiger partial charge in [-0.25, -0.2) is 0 Å².